The number of benzene rings is 5. The van der Waals surface area contributed by atoms with Gasteiger partial charge in [-0.05, 0) is 89.3 Å². The second kappa shape index (κ2) is 26.0. The predicted octanol–water partition coefficient (Wildman–Crippen LogP) is 17.1. The minimum absolute atomic E-state index is 0.300. The Morgan fingerprint density at radius 1 is 0.429 bits per heavy atom. The van der Waals surface area contributed by atoms with Gasteiger partial charge in [-0.1, -0.05) is 247 Å². The summed E-state index contributed by atoms with van der Waals surface area (Å²) in [6, 6.07) is 56.3. The van der Waals surface area contributed by atoms with Crippen LogP contribution < -0.4 is 0 Å². The topological polar surface area (TPSA) is 0 Å². The second-order valence-electron chi connectivity index (χ2n) is 15.9. The highest BCUT2D eigenvalue weighted by Gasteiger charge is 2.28. The third-order valence-electron chi connectivity index (χ3n) is 11.6. The molecule has 0 nitrogen and oxygen atoms in total. The smallest absolute Gasteiger partial charge is 0.104 e. The Bertz CT molecular complexity index is 1730. The third-order valence-corrected chi connectivity index (χ3v) is 14.5. The Balaban J connectivity index is 1.31. The van der Waals surface area contributed by atoms with Crippen molar-refractivity contribution in [1.82, 2.24) is 0 Å². The number of thioether (sulfide) groups is 2. The lowest BCUT2D eigenvalue weighted by Gasteiger charge is -2.31. The average molecular weight is 799 g/mol. The molecule has 0 saturated heterocycles. The summed E-state index contributed by atoms with van der Waals surface area (Å²) in [4.78, 5) is 0. The molecule has 0 saturated carbocycles. The zero-order valence-corrected chi connectivity index (χ0v) is 36.6. The van der Waals surface area contributed by atoms with Crippen molar-refractivity contribution in [3.63, 3.8) is 0 Å². The number of thiocarbonyl (C=S) groups is 1. The van der Waals surface area contributed by atoms with Crippen LogP contribution in [0.3, 0.4) is 0 Å². The van der Waals surface area contributed by atoms with Crippen molar-refractivity contribution in [3.8, 4) is 0 Å². The molecule has 0 aromatic heterocycles. The number of hydrogen-bond donors (Lipinski definition) is 0. The van der Waals surface area contributed by atoms with E-state index in [1.54, 1.807) is 0 Å². The SMILES string of the molecule is CCCCCCCCCCCCSC(=S)SC(CC(CC(CC(CC(C)c1ccccc1)c1ccccc1)c1ccccc1)c1ccccc1)c1ccccc1. The Labute approximate surface area is 355 Å². The minimum Gasteiger partial charge on any atom is -0.108 e. The van der Waals surface area contributed by atoms with Gasteiger partial charge in [0.1, 0.15) is 3.53 Å². The Morgan fingerprint density at radius 3 is 1.23 bits per heavy atom. The number of hydrogen-bond acceptors (Lipinski definition) is 3. The van der Waals surface area contributed by atoms with E-state index >= 15 is 0 Å². The van der Waals surface area contributed by atoms with E-state index in [1.807, 2.05) is 23.5 Å². The van der Waals surface area contributed by atoms with E-state index in [-0.39, 0.29) is 0 Å². The summed E-state index contributed by atoms with van der Waals surface area (Å²) in [6.45, 7) is 4.71. The van der Waals surface area contributed by atoms with E-state index in [0.717, 1.165) is 35.0 Å². The molecule has 0 N–H and O–H groups in total. The van der Waals surface area contributed by atoms with Crippen LogP contribution in [0.15, 0.2) is 152 Å². The lowest BCUT2D eigenvalue weighted by molar-refractivity contribution is 0.423. The van der Waals surface area contributed by atoms with Crippen LogP contribution in [0, 0.1) is 0 Å². The van der Waals surface area contributed by atoms with E-state index in [2.05, 4.69) is 166 Å². The summed E-state index contributed by atoms with van der Waals surface area (Å²) in [5, 5.41) is 0.300. The van der Waals surface area contributed by atoms with E-state index in [1.165, 1.54) is 92.0 Å². The van der Waals surface area contributed by atoms with Crippen molar-refractivity contribution in [3.05, 3.63) is 179 Å². The largest absolute Gasteiger partial charge is 0.108 e. The average Bonchev–Trinajstić information content (AvgIpc) is 3.25. The van der Waals surface area contributed by atoms with Crippen LogP contribution in [-0.2, 0) is 0 Å². The summed E-state index contributed by atoms with van der Waals surface area (Å²) in [5.74, 6) is 2.85. The van der Waals surface area contributed by atoms with Crippen molar-refractivity contribution in [2.45, 2.75) is 133 Å². The first-order valence-corrected chi connectivity index (χ1v) is 24.0. The van der Waals surface area contributed by atoms with E-state index in [9.17, 15) is 0 Å². The lowest BCUT2D eigenvalue weighted by atomic mass is 9.74. The molecule has 3 heteroatoms. The fraction of sp³-hybridized carbons (Fsp3) is 0.415. The van der Waals surface area contributed by atoms with Gasteiger partial charge in [0.2, 0.25) is 0 Å². The van der Waals surface area contributed by atoms with Gasteiger partial charge in [0.05, 0.1) is 0 Å². The molecule has 5 atom stereocenters. The van der Waals surface area contributed by atoms with Gasteiger partial charge in [0.15, 0.2) is 0 Å². The van der Waals surface area contributed by atoms with Gasteiger partial charge >= 0.3 is 0 Å². The molecule has 0 bridgehead atoms. The maximum absolute atomic E-state index is 6.15. The highest BCUT2D eigenvalue weighted by Crippen LogP contribution is 2.47. The predicted molar refractivity (Wildman–Crippen MR) is 255 cm³/mol. The Morgan fingerprint density at radius 2 is 0.786 bits per heavy atom. The quantitative estimate of drug-likeness (QED) is 0.0426. The normalized spacial score (nSPS) is 14.1. The van der Waals surface area contributed by atoms with Gasteiger partial charge in [0, 0.05) is 5.25 Å². The van der Waals surface area contributed by atoms with Crippen molar-refractivity contribution >= 4 is 39.3 Å². The molecule has 0 radical (unpaired) electrons. The first-order valence-electron chi connectivity index (χ1n) is 21.7. The standard InChI is InChI=1S/C53H66S3/c1-3-4-5-6-7-8-9-10-11-27-38-55-53(54)56-52(48-36-25-16-26-37-48)42-51(47-34-23-15-24-35-47)41-50(46-32-21-14-22-33-46)40-49(45-30-19-13-20-31-45)39-43(2)44-28-17-12-18-29-44/h12-26,28-37,43,49-52H,3-11,27,38-42H2,1-2H3. The van der Waals surface area contributed by atoms with Gasteiger partial charge in [0.25, 0.3) is 0 Å². The molecule has 296 valence electrons. The maximum atomic E-state index is 6.15. The third kappa shape index (κ3) is 15.7. The van der Waals surface area contributed by atoms with Crippen molar-refractivity contribution in [1.29, 1.82) is 0 Å². The summed E-state index contributed by atoms with van der Waals surface area (Å²) in [5.41, 5.74) is 7.16. The fourth-order valence-corrected chi connectivity index (χ4v) is 11.2. The zero-order valence-electron chi connectivity index (χ0n) is 34.2. The van der Waals surface area contributed by atoms with Crippen LogP contribution in [0.5, 0.6) is 0 Å². The monoisotopic (exact) mass is 798 g/mol. The van der Waals surface area contributed by atoms with E-state index < -0.39 is 0 Å². The van der Waals surface area contributed by atoms with Gasteiger partial charge < -0.3 is 0 Å². The molecule has 0 aliphatic carbocycles. The molecule has 0 heterocycles. The van der Waals surface area contributed by atoms with Crippen LogP contribution in [0.2, 0.25) is 0 Å². The molecular weight excluding hydrogens is 733 g/mol. The molecule has 5 rings (SSSR count). The fourth-order valence-electron chi connectivity index (χ4n) is 8.39. The molecule has 0 aliphatic rings. The van der Waals surface area contributed by atoms with Crippen LogP contribution in [0.1, 0.15) is 160 Å². The van der Waals surface area contributed by atoms with Crippen molar-refractivity contribution in [2.24, 2.45) is 0 Å². The number of rotatable bonds is 25. The molecule has 5 aromatic carbocycles. The van der Waals surface area contributed by atoms with Crippen LogP contribution >= 0.6 is 35.7 Å². The van der Waals surface area contributed by atoms with Crippen LogP contribution in [0.4, 0.5) is 0 Å². The number of unbranched alkanes of at least 4 members (excludes halogenated alkanes) is 9. The molecule has 5 unspecified atom stereocenters. The van der Waals surface area contributed by atoms with Gasteiger partial charge in [-0.2, -0.15) is 0 Å². The van der Waals surface area contributed by atoms with Crippen LogP contribution in [0.25, 0.3) is 0 Å². The molecule has 0 fully saturated rings. The molecule has 56 heavy (non-hydrogen) atoms. The van der Waals surface area contributed by atoms with Gasteiger partial charge in [-0.25, -0.2) is 0 Å². The van der Waals surface area contributed by atoms with Gasteiger partial charge in [-0.3, -0.25) is 0 Å². The highest BCUT2D eigenvalue weighted by atomic mass is 32.2. The summed E-state index contributed by atoms with van der Waals surface area (Å²) in [6.07, 6.45) is 18.1. The Kier molecular flexibility index (Phi) is 20.4. The zero-order chi connectivity index (χ0) is 39.0. The summed E-state index contributed by atoms with van der Waals surface area (Å²) < 4.78 is 1.10. The van der Waals surface area contributed by atoms with E-state index in [4.69, 9.17) is 12.2 Å². The molecule has 0 spiro atoms. The first-order chi connectivity index (χ1) is 27.6. The minimum atomic E-state index is 0.300. The lowest BCUT2D eigenvalue weighted by Crippen LogP contribution is -2.15. The summed E-state index contributed by atoms with van der Waals surface area (Å²) in [7, 11) is 0. The molecule has 0 amide bonds. The maximum Gasteiger partial charge on any atom is 0.104 e. The van der Waals surface area contributed by atoms with Crippen molar-refractivity contribution in [2.75, 3.05) is 5.75 Å². The van der Waals surface area contributed by atoms with Crippen LogP contribution in [-0.4, -0.2) is 9.28 Å². The molecular formula is C53H66S3. The molecule has 0 aliphatic heterocycles. The second-order valence-corrected chi connectivity index (χ2v) is 19.4. The first kappa shape index (κ1) is 44.0. The van der Waals surface area contributed by atoms with Gasteiger partial charge in [-0.15, -0.1) is 11.8 Å². The van der Waals surface area contributed by atoms with Crippen molar-refractivity contribution < 1.29 is 0 Å². The molecule has 5 aromatic rings. The Hall–Kier alpha value is -3.11. The van der Waals surface area contributed by atoms with E-state index in [0.29, 0.717) is 28.9 Å². The summed E-state index contributed by atoms with van der Waals surface area (Å²) >= 11 is 10.0. The highest BCUT2D eigenvalue weighted by molar-refractivity contribution is 8.47.